The van der Waals surface area contributed by atoms with Gasteiger partial charge in [0.2, 0.25) is 5.91 Å². The highest BCUT2D eigenvalue weighted by Crippen LogP contribution is 2.39. The van der Waals surface area contributed by atoms with Crippen LogP contribution >= 0.6 is 0 Å². The molecule has 1 aliphatic rings. The number of anilines is 1. The van der Waals surface area contributed by atoms with Gasteiger partial charge in [0.15, 0.2) is 5.82 Å². The summed E-state index contributed by atoms with van der Waals surface area (Å²) in [7, 11) is 0. The molecule has 0 bridgehead atoms. The van der Waals surface area contributed by atoms with Crippen molar-refractivity contribution in [2.24, 2.45) is 0 Å². The van der Waals surface area contributed by atoms with Crippen molar-refractivity contribution in [1.29, 1.82) is 0 Å². The molecule has 4 rings (SSSR count). The molecule has 7 nitrogen and oxygen atoms in total. The molecule has 2 aromatic heterocycles. The summed E-state index contributed by atoms with van der Waals surface area (Å²) in [6, 6.07) is 9.07. The SMILES string of the molecule is Cc1nn(-c2ccc(=O)[nH]n2)c2c1[C@@H](c1cccc(F)c1)CC(=O)N2. The second-order valence-corrected chi connectivity index (χ2v) is 5.90. The van der Waals surface area contributed by atoms with Crippen LogP contribution in [0, 0.1) is 12.7 Å². The maximum absolute atomic E-state index is 13.6. The van der Waals surface area contributed by atoms with E-state index >= 15 is 0 Å². The van der Waals surface area contributed by atoms with Gasteiger partial charge >= 0.3 is 0 Å². The predicted octanol–water partition coefficient (Wildman–Crippen LogP) is 1.88. The first-order valence-corrected chi connectivity index (χ1v) is 7.74. The van der Waals surface area contributed by atoms with Crippen LogP contribution in [0.5, 0.6) is 0 Å². The van der Waals surface area contributed by atoms with E-state index in [0.717, 1.165) is 5.56 Å². The van der Waals surface area contributed by atoms with Crippen molar-refractivity contribution in [2.75, 3.05) is 5.32 Å². The standard InChI is InChI=1S/C17H14FN5O2/c1-9-16-12(10-3-2-4-11(18)7-10)8-15(25)19-17(16)23(22-9)13-5-6-14(24)21-20-13/h2-7,12H,8H2,1H3,(H,19,25)(H,21,24)/t12-/m1/s1. The van der Waals surface area contributed by atoms with Gasteiger partial charge in [-0.05, 0) is 30.7 Å². The fourth-order valence-electron chi connectivity index (χ4n) is 3.18. The number of nitrogens with zero attached hydrogens (tertiary/aromatic N) is 3. The Morgan fingerprint density at radius 3 is 2.80 bits per heavy atom. The van der Waals surface area contributed by atoms with Gasteiger partial charge in [0.25, 0.3) is 5.56 Å². The van der Waals surface area contributed by atoms with Crippen molar-refractivity contribution >= 4 is 11.7 Å². The Balaban J connectivity index is 1.89. The van der Waals surface area contributed by atoms with E-state index in [1.54, 1.807) is 12.1 Å². The first-order valence-electron chi connectivity index (χ1n) is 7.74. The number of aromatic amines is 1. The summed E-state index contributed by atoms with van der Waals surface area (Å²) in [5.74, 6) is 0.0346. The number of nitrogens with one attached hydrogen (secondary N) is 2. The number of hydrogen-bond acceptors (Lipinski definition) is 4. The van der Waals surface area contributed by atoms with Crippen molar-refractivity contribution < 1.29 is 9.18 Å². The Kier molecular flexibility index (Phi) is 3.45. The molecule has 1 amide bonds. The van der Waals surface area contributed by atoms with Crippen LogP contribution in [-0.4, -0.2) is 25.9 Å². The first-order chi connectivity index (χ1) is 12.0. The minimum atomic E-state index is -0.350. The lowest BCUT2D eigenvalue weighted by Crippen LogP contribution is -2.25. The van der Waals surface area contributed by atoms with Gasteiger partial charge in [-0.1, -0.05) is 12.1 Å². The molecule has 8 heteroatoms. The third kappa shape index (κ3) is 2.61. The highest BCUT2D eigenvalue weighted by atomic mass is 19.1. The zero-order valence-corrected chi connectivity index (χ0v) is 13.3. The van der Waals surface area contributed by atoms with Crippen LogP contribution in [0.1, 0.15) is 29.2 Å². The van der Waals surface area contributed by atoms with Crippen molar-refractivity contribution in [3.05, 3.63) is 69.4 Å². The average Bonchev–Trinajstić information content (AvgIpc) is 2.91. The highest BCUT2D eigenvalue weighted by molar-refractivity contribution is 5.95. The fourth-order valence-corrected chi connectivity index (χ4v) is 3.18. The van der Waals surface area contributed by atoms with Crippen molar-refractivity contribution in [1.82, 2.24) is 20.0 Å². The quantitative estimate of drug-likeness (QED) is 0.745. The summed E-state index contributed by atoms with van der Waals surface area (Å²) in [5.41, 5.74) is 1.91. The lowest BCUT2D eigenvalue weighted by Gasteiger charge is -2.24. The minimum Gasteiger partial charge on any atom is -0.310 e. The number of carbonyl (C=O) groups excluding carboxylic acids is 1. The van der Waals surface area contributed by atoms with Gasteiger partial charge in [0, 0.05) is 24.0 Å². The van der Waals surface area contributed by atoms with Crippen molar-refractivity contribution in [3.8, 4) is 5.82 Å². The summed E-state index contributed by atoms with van der Waals surface area (Å²) < 4.78 is 15.1. The molecule has 0 aliphatic carbocycles. The van der Waals surface area contributed by atoms with Gasteiger partial charge in [-0.3, -0.25) is 9.59 Å². The van der Waals surface area contributed by atoms with Crippen molar-refractivity contribution in [3.63, 3.8) is 0 Å². The number of aryl methyl sites for hydroxylation is 1. The normalized spacial score (nSPS) is 16.4. The molecule has 0 radical (unpaired) electrons. The van der Waals surface area contributed by atoms with Crippen LogP contribution < -0.4 is 10.9 Å². The van der Waals surface area contributed by atoms with Crippen LogP contribution in [0.4, 0.5) is 10.2 Å². The number of halogens is 1. The molecule has 25 heavy (non-hydrogen) atoms. The first kappa shape index (κ1) is 15.3. The van der Waals surface area contributed by atoms with E-state index in [-0.39, 0.29) is 29.6 Å². The van der Waals surface area contributed by atoms with Crippen LogP contribution in [0.2, 0.25) is 0 Å². The minimum absolute atomic E-state index is 0.188. The number of hydrogen-bond donors (Lipinski definition) is 2. The maximum Gasteiger partial charge on any atom is 0.264 e. The lowest BCUT2D eigenvalue weighted by molar-refractivity contribution is -0.116. The van der Waals surface area contributed by atoms with Gasteiger partial charge < -0.3 is 5.32 Å². The Morgan fingerprint density at radius 1 is 1.24 bits per heavy atom. The summed E-state index contributed by atoms with van der Waals surface area (Å²) >= 11 is 0. The number of amides is 1. The molecule has 0 saturated heterocycles. The molecule has 3 aromatic rings. The zero-order valence-electron chi connectivity index (χ0n) is 13.3. The van der Waals surface area contributed by atoms with E-state index in [2.05, 4.69) is 20.6 Å². The summed E-state index contributed by atoms with van der Waals surface area (Å²) in [5, 5.41) is 13.6. The van der Waals surface area contributed by atoms with E-state index < -0.39 is 0 Å². The number of fused-ring (bicyclic) bond motifs is 1. The van der Waals surface area contributed by atoms with Crippen LogP contribution in [0.3, 0.4) is 0 Å². The van der Waals surface area contributed by atoms with Gasteiger partial charge in [-0.15, -0.1) is 0 Å². The highest BCUT2D eigenvalue weighted by Gasteiger charge is 2.33. The number of benzene rings is 1. The second kappa shape index (κ2) is 5.66. The molecule has 1 atom stereocenters. The van der Waals surface area contributed by atoms with Gasteiger partial charge in [0.05, 0.1) is 5.69 Å². The van der Waals surface area contributed by atoms with Crippen molar-refractivity contribution in [2.45, 2.75) is 19.3 Å². The molecule has 0 fully saturated rings. The van der Waals surface area contributed by atoms with E-state index in [1.165, 1.54) is 28.9 Å². The molecular weight excluding hydrogens is 325 g/mol. The van der Waals surface area contributed by atoms with E-state index in [1.807, 2.05) is 6.92 Å². The predicted molar refractivity (Wildman–Crippen MR) is 88.2 cm³/mol. The molecule has 126 valence electrons. The largest absolute Gasteiger partial charge is 0.310 e. The monoisotopic (exact) mass is 339 g/mol. The molecule has 0 saturated carbocycles. The third-order valence-corrected chi connectivity index (χ3v) is 4.23. The van der Waals surface area contributed by atoms with Crippen LogP contribution in [0.15, 0.2) is 41.2 Å². The summed E-state index contributed by atoms with van der Waals surface area (Å²) in [4.78, 5) is 23.4. The van der Waals surface area contributed by atoms with E-state index in [0.29, 0.717) is 22.9 Å². The van der Waals surface area contributed by atoms with Crippen LogP contribution in [0.25, 0.3) is 5.82 Å². The molecular formula is C17H14FN5O2. The zero-order chi connectivity index (χ0) is 17.6. The van der Waals surface area contributed by atoms with E-state index in [9.17, 15) is 14.0 Å². The summed E-state index contributed by atoms with van der Waals surface area (Å²) in [6.07, 6.45) is 0.210. The number of aromatic nitrogens is 4. The fraction of sp³-hybridized carbons (Fsp3) is 0.176. The summed E-state index contributed by atoms with van der Waals surface area (Å²) in [6.45, 7) is 1.82. The van der Waals surface area contributed by atoms with Gasteiger partial charge in [0.1, 0.15) is 11.6 Å². The number of carbonyl (C=O) groups is 1. The smallest absolute Gasteiger partial charge is 0.264 e. The van der Waals surface area contributed by atoms with Gasteiger partial charge in [-0.25, -0.2) is 9.49 Å². The molecule has 3 heterocycles. The molecule has 1 aliphatic heterocycles. The Hall–Kier alpha value is -3.29. The van der Waals surface area contributed by atoms with Gasteiger partial charge in [-0.2, -0.15) is 14.9 Å². The van der Waals surface area contributed by atoms with E-state index in [4.69, 9.17) is 0 Å². The second-order valence-electron chi connectivity index (χ2n) is 5.90. The average molecular weight is 339 g/mol. The molecule has 0 unspecified atom stereocenters. The molecule has 1 aromatic carbocycles. The van der Waals surface area contributed by atoms with Crippen LogP contribution in [-0.2, 0) is 4.79 Å². The lowest BCUT2D eigenvalue weighted by atomic mass is 9.86. The maximum atomic E-state index is 13.6. The number of H-pyrrole nitrogens is 1. The molecule has 2 N–H and O–H groups in total. The topological polar surface area (TPSA) is 92.7 Å². The molecule has 0 spiro atoms. The number of rotatable bonds is 2. The third-order valence-electron chi connectivity index (χ3n) is 4.23. The Labute approximate surface area is 141 Å². The Bertz CT molecular complexity index is 1020. The Morgan fingerprint density at radius 2 is 2.08 bits per heavy atom.